The molecule has 1 aromatic rings. The number of halogens is 1. The summed E-state index contributed by atoms with van der Waals surface area (Å²) in [5.41, 5.74) is 2.67. The molecule has 7 heteroatoms. The van der Waals surface area contributed by atoms with Crippen LogP contribution < -0.4 is 10.6 Å². The van der Waals surface area contributed by atoms with Crippen molar-refractivity contribution in [2.24, 2.45) is 10.9 Å². The van der Waals surface area contributed by atoms with Crippen LogP contribution in [0.1, 0.15) is 50.9 Å². The van der Waals surface area contributed by atoms with Gasteiger partial charge in [0.15, 0.2) is 5.96 Å². The average molecular weight is 474 g/mol. The van der Waals surface area contributed by atoms with E-state index in [-0.39, 0.29) is 24.0 Å². The summed E-state index contributed by atoms with van der Waals surface area (Å²) in [6.07, 6.45) is 6.75. The molecule has 0 amide bonds. The predicted molar refractivity (Wildman–Crippen MR) is 119 cm³/mol. The number of fused-ring (bicyclic) bond motifs is 1. The van der Waals surface area contributed by atoms with E-state index < -0.39 is 0 Å². The van der Waals surface area contributed by atoms with Crippen LogP contribution in [0.15, 0.2) is 11.2 Å². The maximum absolute atomic E-state index is 4.77. The van der Waals surface area contributed by atoms with Crippen molar-refractivity contribution in [2.75, 3.05) is 33.2 Å². The molecule has 2 unspecified atom stereocenters. The molecule has 1 aliphatic heterocycles. The number of hydrogen-bond donors (Lipinski definition) is 2. The first-order valence-electron chi connectivity index (χ1n) is 9.85. The van der Waals surface area contributed by atoms with Crippen molar-refractivity contribution < 1.29 is 0 Å². The fourth-order valence-corrected chi connectivity index (χ4v) is 3.90. The summed E-state index contributed by atoms with van der Waals surface area (Å²) in [5.74, 6) is 1.67. The lowest BCUT2D eigenvalue weighted by molar-refractivity contribution is 0.341. The quantitative estimate of drug-likeness (QED) is 0.391. The topological polar surface area (TPSA) is 57.5 Å². The smallest absolute Gasteiger partial charge is 0.191 e. The lowest BCUT2D eigenvalue weighted by atomic mass is 9.94. The maximum atomic E-state index is 4.77. The van der Waals surface area contributed by atoms with E-state index in [1.54, 1.807) is 0 Å². The van der Waals surface area contributed by atoms with Crippen LogP contribution in [0.2, 0.25) is 0 Å². The Morgan fingerprint density at radius 1 is 1.38 bits per heavy atom. The van der Waals surface area contributed by atoms with Crippen LogP contribution >= 0.6 is 24.0 Å². The molecule has 1 saturated heterocycles. The highest BCUT2D eigenvalue weighted by molar-refractivity contribution is 14.0. The first-order chi connectivity index (χ1) is 12.1. The fraction of sp³-hybridized carbons (Fsp3) is 0.789. The number of aryl methyl sites for hydroxylation is 1. The minimum atomic E-state index is 0. The zero-order valence-electron chi connectivity index (χ0n) is 16.7. The van der Waals surface area contributed by atoms with Crippen LogP contribution in [0, 0.1) is 5.92 Å². The fourth-order valence-electron chi connectivity index (χ4n) is 3.90. The number of nitrogens with zero attached hydrogens (tertiary/aromatic N) is 4. The molecule has 2 aliphatic rings. The Bertz CT molecular complexity index is 597. The number of nitrogens with one attached hydrogen (secondary N) is 2. The summed E-state index contributed by atoms with van der Waals surface area (Å²) in [6.45, 7) is 11.2. The van der Waals surface area contributed by atoms with Gasteiger partial charge in [0.2, 0.25) is 0 Å². The van der Waals surface area contributed by atoms with Crippen molar-refractivity contribution in [2.45, 2.75) is 58.5 Å². The summed E-state index contributed by atoms with van der Waals surface area (Å²) in [6, 6.07) is 0.852. The Balaban J connectivity index is 0.00000243. The van der Waals surface area contributed by atoms with Crippen molar-refractivity contribution in [1.82, 2.24) is 25.3 Å². The molecule has 0 spiro atoms. The third-order valence-electron chi connectivity index (χ3n) is 5.57. The SMILES string of the molecule is CCN1CCC(CNC(=NC)NC2CCc3cn(C(C)C)nc3C2)C1.I. The Labute approximate surface area is 175 Å². The van der Waals surface area contributed by atoms with Gasteiger partial charge in [0.25, 0.3) is 0 Å². The van der Waals surface area contributed by atoms with Gasteiger partial charge in [-0.25, -0.2) is 0 Å². The van der Waals surface area contributed by atoms with Crippen LogP contribution in [-0.2, 0) is 12.8 Å². The van der Waals surface area contributed by atoms with Gasteiger partial charge < -0.3 is 15.5 Å². The molecule has 26 heavy (non-hydrogen) atoms. The minimum absolute atomic E-state index is 0. The maximum Gasteiger partial charge on any atom is 0.191 e. The zero-order chi connectivity index (χ0) is 17.8. The van der Waals surface area contributed by atoms with Gasteiger partial charge in [-0.05, 0) is 57.7 Å². The molecule has 0 saturated carbocycles. The zero-order valence-corrected chi connectivity index (χ0v) is 19.0. The molecule has 2 heterocycles. The van der Waals surface area contributed by atoms with E-state index >= 15 is 0 Å². The molecule has 3 rings (SSSR count). The van der Waals surface area contributed by atoms with Crippen LogP contribution in [0.25, 0.3) is 0 Å². The molecule has 1 aromatic heterocycles. The molecule has 148 valence electrons. The van der Waals surface area contributed by atoms with E-state index in [2.05, 4.69) is 52.2 Å². The summed E-state index contributed by atoms with van der Waals surface area (Å²) < 4.78 is 2.10. The standard InChI is InChI=1S/C19H34N6.HI/c1-5-24-9-8-15(12-24)11-21-19(20-4)22-17-7-6-16-13-25(14(2)3)23-18(16)10-17;/h13-15,17H,5-12H2,1-4H3,(H2,20,21,22);1H. The van der Waals surface area contributed by atoms with E-state index in [1.165, 1.54) is 30.8 Å². The first kappa shape index (κ1) is 21.5. The van der Waals surface area contributed by atoms with Gasteiger partial charge in [0.1, 0.15) is 0 Å². The third kappa shape index (κ3) is 5.34. The molecule has 0 radical (unpaired) electrons. The Morgan fingerprint density at radius 2 is 2.19 bits per heavy atom. The highest BCUT2D eigenvalue weighted by atomic mass is 127. The van der Waals surface area contributed by atoms with Crippen molar-refractivity contribution >= 4 is 29.9 Å². The highest BCUT2D eigenvalue weighted by Crippen LogP contribution is 2.21. The number of guanidine groups is 1. The number of likely N-dealkylation sites (tertiary alicyclic amines) is 1. The second-order valence-electron chi connectivity index (χ2n) is 7.76. The van der Waals surface area contributed by atoms with Gasteiger partial charge in [-0.1, -0.05) is 6.92 Å². The number of aliphatic imine (C=N–C) groups is 1. The lowest BCUT2D eigenvalue weighted by Crippen LogP contribution is -2.47. The van der Waals surface area contributed by atoms with Crippen molar-refractivity contribution in [1.29, 1.82) is 0 Å². The number of rotatable bonds is 5. The molecule has 1 fully saturated rings. The van der Waals surface area contributed by atoms with Crippen LogP contribution in [0.5, 0.6) is 0 Å². The minimum Gasteiger partial charge on any atom is -0.356 e. The van der Waals surface area contributed by atoms with E-state index in [1.807, 2.05) is 7.05 Å². The van der Waals surface area contributed by atoms with Crippen LogP contribution in [0.3, 0.4) is 0 Å². The number of hydrogen-bond acceptors (Lipinski definition) is 3. The van der Waals surface area contributed by atoms with Crippen molar-refractivity contribution in [3.63, 3.8) is 0 Å². The first-order valence-corrected chi connectivity index (χ1v) is 9.85. The van der Waals surface area contributed by atoms with Crippen LogP contribution in [-0.4, -0.2) is 59.9 Å². The molecule has 1 aliphatic carbocycles. The van der Waals surface area contributed by atoms with E-state index in [0.717, 1.165) is 44.2 Å². The van der Waals surface area contributed by atoms with Crippen LogP contribution in [0.4, 0.5) is 0 Å². The van der Waals surface area contributed by atoms with E-state index in [9.17, 15) is 0 Å². The largest absolute Gasteiger partial charge is 0.356 e. The summed E-state index contributed by atoms with van der Waals surface area (Å²) in [4.78, 5) is 6.95. The molecule has 0 aromatic carbocycles. The Hall–Kier alpha value is -0.830. The lowest BCUT2D eigenvalue weighted by Gasteiger charge is -2.25. The Morgan fingerprint density at radius 3 is 2.85 bits per heavy atom. The summed E-state index contributed by atoms with van der Waals surface area (Å²) in [7, 11) is 1.87. The monoisotopic (exact) mass is 474 g/mol. The van der Waals surface area contributed by atoms with E-state index in [4.69, 9.17) is 5.10 Å². The Kier molecular flexibility index (Phi) is 8.19. The van der Waals surface area contributed by atoms with Crippen molar-refractivity contribution in [3.8, 4) is 0 Å². The number of aromatic nitrogens is 2. The van der Waals surface area contributed by atoms with E-state index in [0.29, 0.717) is 12.1 Å². The van der Waals surface area contributed by atoms with Gasteiger partial charge >= 0.3 is 0 Å². The van der Waals surface area contributed by atoms with Gasteiger partial charge in [-0.15, -0.1) is 24.0 Å². The van der Waals surface area contributed by atoms with Gasteiger partial charge in [0.05, 0.1) is 5.69 Å². The molecular weight excluding hydrogens is 439 g/mol. The van der Waals surface area contributed by atoms with Gasteiger partial charge in [0, 0.05) is 44.8 Å². The average Bonchev–Trinajstić information content (AvgIpc) is 3.24. The molecule has 0 bridgehead atoms. The third-order valence-corrected chi connectivity index (χ3v) is 5.57. The second-order valence-corrected chi connectivity index (χ2v) is 7.76. The molecule has 2 N–H and O–H groups in total. The molecular formula is C19H35IN6. The molecule has 2 atom stereocenters. The van der Waals surface area contributed by atoms with Gasteiger partial charge in [-0.2, -0.15) is 5.10 Å². The van der Waals surface area contributed by atoms with Crippen molar-refractivity contribution in [3.05, 3.63) is 17.5 Å². The second kappa shape index (κ2) is 9.92. The highest BCUT2D eigenvalue weighted by Gasteiger charge is 2.24. The summed E-state index contributed by atoms with van der Waals surface area (Å²) >= 11 is 0. The predicted octanol–water partition coefficient (Wildman–Crippen LogP) is 2.45. The normalized spacial score (nSPS) is 23.7. The summed E-state index contributed by atoms with van der Waals surface area (Å²) in [5, 5.41) is 11.9. The van der Waals surface area contributed by atoms with Gasteiger partial charge in [-0.3, -0.25) is 9.67 Å². The molecule has 6 nitrogen and oxygen atoms in total.